The third kappa shape index (κ3) is 4.03. The van der Waals surface area contributed by atoms with E-state index in [4.69, 9.17) is 11.6 Å². The van der Waals surface area contributed by atoms with E-state index in [0.29, 0.717) is 16.3 Å². The lowest BCUT2D eigenvalue weighted by Gasteiger charge is -2.25. The van der Waals surface area contributed by atoms with Crippen molar-refractivity contribution >= 4 is 27.1 Å². The number of sulfone groups is 1. The van der Waals surface area contributed by atoms with E-state index in [9.17, 15) is 22.3 Å². The standard InChI is InChI=1S/C16H16ClF2NO3S/c1-16(21,13-4-2-3-5-14(13)17)10-20-11-6-8-12(9-7-11)24(22,23)15(18)19/h2-9,15,20-21H,10H2,1H3. The molecule has 0 aliphatic rings. The first-order chi connectivity index (χ1) is 11.1. The van der Waals surface area contributed by atoms with Crippen LogP contribution in [0.4, 0.5) is 14.5 Å². The topological polar surface area (TPSA) is 66.4 Å². The number of alkyl halides is 2. The molecule has 4 nitrogen and oxygen atoms in total. The predicted molar refractivity (Wildman–Crippen MR) is 89.1 cm³/mol. The fourth-order valence-corrected chi connectivity index (χ4v) is 3.19. The van der Waals surface area contributed by atoms with Crippen LogP contribution in [0, 0.1) is 0 Å². The zero-order valence-electron chi connectivity index (χ0n) is 12.7. The lowest BCUT2D eigenvalue weighted by molar-refractivity contribution is 0.0716. The molecule has 0 heterocycles. The Hall–Kier alpha value is -1.70. The largest absolute Gasteiger partial charge is 0.384 e. The fraction of sp³-hybridized carbons (Fsp3) is 0.250. The Balaban J connectivity index is 2.11. The second-order valence-electron chi connectivity index (χ2n) is 5.44. The van der Waals surface area contributed by atoms with E-state index in [1.54, 1.807) is 31.2 Å². The van der Waals surface area contributed by atoms with Gasteiger partial charge in [0.2, 0.25) is 9.84 Å². The van der Waals surface area contributed by atoms with Gasteiger partial charge in [-0.25, -0.2) is 8.42 Å². The number of halogens is 3. The van der Waals surface area contributed by atoms with Crippen LogP contribution in [0.2, 0.25) is 5.02 Å². The average Bonchev–Trinajstić information content (AvgIpc) is 2.53. The molecule has 2 aromatic rings. The Morgan fingerprint density at radius 3 is 2.29 bits per heavy atom. The second-order valence-corrected chi connectivity index (χ2v) is 7.76. The summed E-state index contributed by atoms with van der Waals surface area (Å²) in [5, 5.41) is 13.9. The van der Waals surface area contributed by atoms with Gasteiger partial charge in [-0.3, -0.25) is 0 Å². The molecule has 24 heavy (non-hydrogen) atoms. The zero-order valence-corrected chi connectivity index (χ0v) is 14.3. The molecule has 0 bridgehead atoms. The van der Waals surface area contributed by atoms with Gasteiger partial charge < -0.3 is 10.4 Å². The Morgan fingerprint density at radius 1 is 1.17 bits per heavy atom. The summed E-state index contributed by atoms with van der Waals surface area (Å²) in [6.45, 7) is 1.68. The summed E-state index contributed by atoms with van der Waals surface area (Å²) in [4.78, 5) is -0.457. The van der Waals surface area contributed by atoms with Crippen molar-refractivity contribution in [2.24, 2.45) is 0 Å². The molecule has 2 rings (SSSR count). The Kier molecular flexibility index (Phi) is 5.47. The number of anilines is 1. The van der Waals surface area contributed by atoms with Crippen LogP contribution in [0.1, 0.15) is 12.5 Å². The highest BCUT2D eigenvalue weighted by molar-refractivity contribution is 7.91. The van der Waals surface area contributed by atoms with Crippen LogP contribution in [0.5, 0.6) is 0 Å². The molecule has 0 fully saturated rings. The number of hydrogen-bond acceptors (Lipinski definition) is 4. The summed E-state index contributed by atoms with van der Waals surface area (Å²) < 4.78 is 47.7. The second kappa shape index (κ2) is 7.04. The third-order valence-electron chi connectivity index (χ3n) is 3.51. The Morgan fingerprint density at radius 2 is 1.75 bits per heavy atom. The van der Waals surface area contributed by atoms with Crippen LogP contribution in [-0.4, -0.2) is 25.8 Å². The summed E-state index contributed by atoms with van der Waals surface area (Å²) in [7, 11) is -4.61. The van der Waals surface area contributed by atoms with Gasteiger partial charge in [-0.1, -0.05) is 29.8 Å². The van der Waals surface area contributed by atoms with Crippen molar-refractivity contribution in [1.29, 1.82) is 0 Å². The molecule has 0 aliphatic heterocycles. The van der Waals surface area contributed by atoms with Gasteiger partial charge in [0.05, 0.1) is 4.90 Å². The first-order valence-corrected chi connectivity index (χ1v) is 8.90. The normalized spacial score (nSPS) is 14.4. The van der Waals surface area contributed by atoms with Crippen molar-refractivity contribution in [1.82, 2.24) is 0 Å². The molecule has 1 atom stereocenters. The zero-order chi connectivity index (χ0) is 18.0. The minimum Gasteiger partial charge on any atom is -0.384 e. The van der Waals surface area contributed by atoms with Crippen LogP contribution in [0.15, 0.2) is 53.4 Å². The molecular formula is C16H16ClF2NO3S. The third-order valence-corrected chi connectivity index (χ3v) is 5.24. The van der Waals surface area contributed by atoms with Gasteiger partial charge in [0.15, 0.2) is 0 Å². The van der Waals surface area contributed by atoms with Crippen molar-refractivity contribution in [2.45, 2.75) is 23.2 Å². The molecule has 2 N–H and O–H groups in total. The van der Waals surface area contributed by atoms with Crippen LogP contribution in [0.25, 0.3) is 0 Å². The minimum atomic E-state index is -4.61. The first-order valence-electron chi connectivity index (χ1n) is 6.98. The summed E-state index contributed by atoms with van der Waals surface area (Å²) in [6, 6.07) is 11.8. The summed E-state index contributed by atoms with van der Waals surface area (Å²) in [6.07, 6.45) is 0. The number of rotatable bonds is 6. The van der Waals surface area contributed by atoms with Gasteiger partial charge in [0.25, 0.3) is 0 Å². The molecule has 0 amide bonds. The van der Waals surface area contributed by atoms with Gasteiger partial charge in [-0.05, 0) is 37.3 Å². The van der Waals surface area contributed by atoms with Crippen LogP contribution in [0.3, 0.4) is 0 Å². The first kappa shape index (κ1) is 18.6. The monoisotopic (exact) mass is 375 g/mol. The SMILES string of the molecule is CC(O)(CNc1ccc(S(=O)(=O)C(F)F)cc1)c1ccccc1Cl. The lowest BCUT2D eigenvalue weighted by Crippen LogP contribution is -2.31. The quantitative estimate of drug-likeness (QED) is 0.808. The van der Waals surface area contributed by atoms with E-state index in [1.807, 2.05) is 0 Å². The van der Waals surface area contributed by atoms with E-state index in [1.165, 1.54) is 12.1 Å². The minimum absolute atomic E-state index is 0.0949. The van der Waals surface area contributed by atoms with Gasteiger partial charge in [0, 0.05) is 22.8 Å². The highest BCUT2D eigenvalue weighted by Gasteiger charge is 2.27. The van der Waals surface area contributed by atoms with E-state index >= 15 is 0 Å². The van der Waals surface area contributed by atoms with Gasteiger partial charge >= 0.3 is 5.76 Å². The molecule has 0 aliphatic carbocycles. The molecule has 8 heteroatoms. The smallest absolute Gasteiger partial charge is 0.341 e. The Labute approximate surface area is 144 Å². The van der Waals surface area contributed by atoms with Crippen molar-refractivity contribution < 1.29 is 22.3 Å². The maximum absolute atomic E-state index is 12.5. The molecule has 2 aromatic carbocycles. The number of aliphatic hydroxyl groups is 1. The highest BCUT2D eigenvalue weighted by atomic mass is 35.5. The highest BCUT2D eigenvalue weighted by Crippen LogP contribution is 2.28. The van der Waals surface area contributed by atoms with Crippen LogP contribution < -0.4 is 5.32 Å². The predicted octanol–water partition coefficient (Wildman–Crippen LogP) is 3.66. The van der Waals surface area contributed by atoms with Crippen molar-refractivity contribution in [3.63, 3.8) is 0 Å². The maximum Gasteiger partial charge on any atom is 0.341 e. The van der Waals surface area contributed by atoms with Gasteiger partial charge in [0.1, 0.15) is 5.60 Å². The molecular weight excluding hydrogens is 360 g/mol. The molecule has 1 unspecified atom stereocenters. The lowest BCUT2D eigenvalue weighted by atomic mass is 9.96. The molecule has 130 valence electrons. The number of hydrogen-bond donors (Lipinski definition) is 2. The number of benzene rings is 2. The van der Waals surface area contributed by atoms with E-state index in [-0.39, 0.29) is 6.54 Å². The summed E-state index contributed by atoms with van der Waals surface area (Å²) in [5.74, 6) is -3.46. The van der Waals surface area contributed by atoms with Crippen molar-refractivity contribution in [3.05, 3.63) is 59.1 Å². The summed E-state index contributed by atoms with van der Waals surface area (Å²) in [5.41, 5.74) is -0.252. The fourth-order valence-electron chi connectivity index (χ4n) is 2.13. The van der Waals surface area contributed by atoms with E-state index in [0.717, 1.165) is 12.1 Å². The number of nitrogens with one attached hydrogen (secondary N) is 1. The van der Waals surface area contributed by atoms with E-state index in [2.05, 4.69) is 5.32 Å². The van der Waals surface area contributed by atoms with Gasteiger partial charge in [-0.15, -0.1) is 0 Å². The van der Waals surface area contributed by atoms with Crippen molar-refractivity contribution in [3.8, 4) is 0 Å². The molecule has 0 saturated heterocycles. The summed E-state index contributed by atoms with van der Waals surface area (Å²) >= 11 is 6.07. The average molecular weight is 376 g/mol. The maximum atomic E-state index is 12.5. The molecule has 0 radical (unpaired) electrons. The van der Waals surface area contributed by atoms with Crippen LogP contribution in [-0.2, 0) is 15.4 Å². The van der Waals surface area contributed by atoms with Gasteiger partial charge in [-0.2, -0.15) is 8.78 Å². The van der Waals surface area contributed by atoms with E-state index < -0.39 is 26.1 Å². The molecule has 0 aromatic heterocycles. The Bertz CT molecular complexity index is 808. The van der Waals surface area contributed by atoms with Crippen molar-refractivity contribution in [2.75, 3.05) is 11.9 Å². The van der Waals surface area contributed by atoms with Crippen LogP contribution >= 0.6 is 11.6 Å². The molecule has 0 spiro atoms. The molecule has 0 saturated carbocycles.